The number of nitrogens with one attached hydrogen (secondary N) is 2. The normalized spacial score (nSPS) is 15.7. The van der Waals surface area contributed by atoms with Crippen LogP contribution in [0.5, 0.6) is 0 Å². The van der Waals surface area contributed by atoms with Crippen LogP contribution in [0.25, 0.3) is 0 Å². The van der Waals surface area contributed by atoms with Crippen molar-refractivity contribution >= 4 is 15.8 Å². The molecule has 28 heavy (non-hydrogen) atoms. The number of sulfone groups is 1. The Morgan fingerprint density at radius 2 is 2.04 bits per heavy atom. The van der Waals surface area contributed by atoms with E-state index in [1.165, 1.54) is 31.9 Å². The first-order valence-electron chi connectivity index (χ1n) is 9.78. The molecule has 1 aromatic heterocycles. The van der Waals surface area contributed by atoms with Gasteiger partial charge in [0.1, 0.15) is 5.76 Å². The molecule has 1 heterocycles. The maximum atomic E-state index is 11.8. The summed E-state index contributed by atoms with van der Waals surface area (Å²) in [5.41, 5.74) is 1.75. The Kier molecular flexibility index (Phi) is 6.78. The van der Waals surface area contributed by atoms with Gasteiger partial charge in [0.2, 0.25) is 0 Å². The Bertz CT molecular complexity index is 899. The van der Waals surface area contributed by atoms with Crippen molar-refractivity contribution in [2.24, 2.45) is 4.99 Å². The van der Waals surface area contributed by atoms with Crippen LogP contribution in [0.1, 0.15) is 42.6 Å². The van der Waals surface area contributed by atoms with Crippen molar-refractivity contribution in [2.45, 2.75) is 56.5 Å². The van der Waals surface area contributed by atoms with Crippen molar-refractivity contribution in [2.75, 3.05) is 12.8 Å². The smallest absolute Gasteiger partial charge is 0.191 e. The molecule has 1 aliphatic carbocycles. The maximum absolute atomic E-state index is 11.8. The maximum Gasteiger partial charge on any atom is 0.191 e. The van der Waals surface area contributed by atoms with Gasteiger partial charge in [0.05, 0.1) is 17.7 Å². The molecule has 3 rings (SSSR count). The summed E-state index contributed by atoms with van der Waals surface area (Å²) in [4.78, 5) is 5.10. The molecule has 0 radical (unpaired) electrons. The minimum absolute atomic E-state index is 0.376. The lowest BCUT2D eigenvalue weighted by molar-refractivity contribution is 0.506. The zero-order chi connectivity index (χ0) is 20.0. The van der Waals surface area contributed by atoms with Crippen molar-refractivity contribution in [3.05, 3.63) is 53.5 Å². The Labute approximate surface area is 167 Å². The molecule has 6 nitrogen and oxygen atoms in total. The summed E-state index contributed by atoms with van der Waals surface area (Å²) in [7, 11) is -3.20. The molecule has 1 fully saturated rings. The van der Waals surface area contributed by atoms with Gasteiger partial charge < -0.3 is 15.1 Å². The second kappa shape index (κ2) is 9.28. The number of nitrogens with zero attached hydrogens (tertiary/aromatic N) is 1. The number of hydrogen-bond donors (Lipinski definition) is 2. The zero-order valence-electron chi connectivity index (χ0n) is 16.6. The summed E-state index contributed by atoms with van der Waals surface area (Å²) < 4.78 is 29.0. The van der Waals surface area contributed by atoms with Gasteiger partial charge >= 0.3 is 0 Å². The van der Waals surface area contributed by atoms with Crippen LogP contribution in [0.4, 0.5) is 0 Å². The number of hydrogen-bond acceptors (Lipinski definition) is 4. The summed E-state index contributed by atoms with van der Waals surface area (Å²) in [6.07, 6.45) is 8.55. The SMILES string of the molecule is Cc1cc(CN=C(NCCc2ccco2)NC2CCCC2)ccc1S(C)(=O)=O. The van der Waals surface area contributed by atoms with Crippen LogP contribution in [0.15, 0.2) is 50.9 Å². The van der Waals surface area contributed by atoms with Crippen molar-refractivity contribution in [1.29, 1.82) is 0 Å². The molecule has 1 aromatic carbocycles. The molecule has 0 bridgehead atoms. The van der Waals surface area contributed by atoms with Crippen LogP contribution in [-0.2, 0) is 22.8 Å². The van der Waals surface area contributed by atoms with Gasteiger partial charge in [0.25, 0.3) is 0 Å². The molecule has 1 saturated carbocycles. The molecule has 0 aliphatic heterocycles. The van der Waals surface area contributed by atoms with Gasteiger partial charge in [0.15, 0.2) is 15.8 Å². The predicted molar refractivity (Wildman–Crippen MR) is 111 cm³/mol. The first kappa shape index (κ1) is 20.5. The molecule has 2 N–H and O–H groups in total. The third kappa shape index (κ3) is 5.86. The second-order valence-electron chi connectivity index (χ2n) is 7.42. The fourth-order valence-electron chi connectivity index (χ4n) is 3.57. The number of aryl methyl sites for hydroxylation is 1. The number of rotatable bonds is 7. The van der Waals surface area contributed by atoms with E-state index < -0.39 is 9.84 Å². The molecule has 0 unspecified atom stereocenters. The van der Waals surface area contributed by atoms with Crippen molar-refractivity contribution in [3.8, 4) is 0 Å². The Balaban J connectivity index is 1.65. The van der Waals surface area contributed by atoms with E-state index in [4.69, 9.17) is 9.41 Å². The fraction of sp³-hybridized carbons (Fsp3) is 0.476. The molecule has 152 valence electrons. The van der Waals surface area contributed by atoms with Gasteiger partial charge in [-0.25, -0.2) is 13.4 Å². The summed E-state index contributed by atoms with van der Waals surface area (Å²) in [6.45, 7) is 3.05. The summed E-state index contributed by atoms with van der Waals surface area (Å²) in [5.74, 6) is 1.74. The molecule has 0 saturated heterocycles. The summed E-state index contributed by atoms with van der Waals surface area (Å²) >= 11 is 0. The van der Waals surface area contributed by atoms with Gasteiger partial charge in [-0.2, -0.15) is 0 Å². The molecule has 0 atom stereocenters. The standard InChI is InChI=1S/C21H29N3O3S/c1-16-14-17(9-10-20(16)28(2,25)26)15-23-21(24-18-6-3-4-7-18)22-12-11-19-8-5-13-27-19/h5,8-10,13-14,18H,3-4,6-7,11-12,15H2,1-2H3,(H2,22,23,24). The highest BCUT2D eigenvalue weighted by Gasteiger charge is 2.16. The molecular weight excluding hydrogens is 374 g/mol. The lowest BCUT2D eigenvalue weighted by Crippen LogP contribution is -2.43. The molecule has 0 spiro atoms. The van der Waals surface area contributed by atoms with E-state index in [1.54, 1.807) is 12.3 Å². The number of furan rings is 1. The highest BCUT2D eigenvalue weighted by atomic mass is 32.2. The highest BCUT2D eigenvalue weighted by molar-refractivity contribution is 7.90. The minimum Gasteiger partial charge on any atom is -0.469 e. The topological polar surface area (TPSA) is 83.7 Å². The first-order valence-corrected chi connectivity index (χ1v) is 11.7. The Morgan fingerprint density at radius 3 is 2.68 bits per heavy atom. The predicted octanol–water partition coefficient (Wildman–Crippen LogP) is 3.21. The van der Waals surface area contributed by atoms with Crippen LogP contribution >= 0.6 is 0 Å². The molecule has 1 aliphatic rings. The largest absolute Gasteiger partial charge is 0.469 e. The third-order valence-corrected chi connectivity index (χ3v) is 6.26. The first-order chi connectivity index (χ1) is 13.4. The van der Waals surface area contributed by atoms with Crippen molar-refractivity contribution in [1.82, 2.24) is 10.6 Å². The van der Waals surface area contributed by atoms with E-state index in [1.807, 2.05) is 31.2 Å². The van der Waals surface area contributed by atoms with E-state index in [2.05, 4.69) is 10.6 Å². The average Bonchev–Trinajstić information content (AvgIpc) is 3.32. The van der Waals surface area contributed by atoms with E-state index in [9.17, 15) is 8.42 Å². The van der Waals surface area contributed by atoms with Gasteiger partial charge in [-0.05, 0) is 49.1 Å². The monoisotopic (exact) mass is 403 g/mol. The van der Waals surface area contributed by atoms with Crippen LogP contribution in [0, 0.1) is 6.92 Å². The molecular formula is C21H29N3O3S. The van der Waals surface area contributed by atoms with E-state index in [0.29, 0.717) is 17.5 Å². The van der Waals surface area contributed by atoms with Crippen LogP contribution < -0.4 is 10.6 Å². The fourth-order valence-corrected chi connectivity index (χ4v) is 4.53. The summed E-state index contributed by atoms with van der Waals surface area (Å²) in [6, 6.07) is 9.73. The number of guanidine groups is 1. The lowest BCUT2D eigenvalue weighted by atomic mass is 10.1. The van der Waals surface area contributed by atoms with E-state index >= 15 is 0 Å². The zero-order valence-corrected chi connectivity index (χ0v) is 17.4. The molecule has 0 amide bonds. The van der Waals surface area contributed by atoms with Gasteiger partial charge in [-0.1, -0.05) is 25.0 Å². The van der Waals surface area contributed by atoms with Crippen molar-refractivity contribution in [3.63, 3.8) is 0 Å². The average molecular weight is 404 g/mol. The van der Waals surface area contributed by atoms with Crippen LogP contribution in [0.3, 0.4) is 0 Å². The highest BCUT2D eigenvalue weighted by Crippen LogP contribution is 2.18. The number of benzene rings is 1. The quantitative estimate of drug-likeness (QED) is 0.548. The summed E-state index contributed by atoms with van der Waals surface area (Å²) in [5, 5.41) is 6.92. The molecule has 7 heteroatoms. The number of aliphatic imine (C=N–C) groups is 1. The van der Waals surface area contributed by atoms with Crippen LogP contribution in [0.2, 0.25) is 0 Å². The molecule has 2 aromatic rings. The van der Waals surface area contributed by atoms with Crippen molar-refractivity contribution < 1.29 is 12.8 Å². The lowest BCUT2D eigenvalue weighted by Gasteiger charge is -2.17. The van der Waals surface area contributed by atoms with Crippen LogP contribution in [-0.4, -0.2) is 33.2 Å². The van der Waals surface area contributed by atoms with Gasteiger partial charge in [-0.15, -0.1) is 0 Å². The second-order valence-corrected chi connectivity index (χ2v) is 9.40. The van der Waals surface area contributed by atoms with Gasteiger partial charge in [-0.3, -0.25) is 0 Å². The van der Waals surface area contributed by atoms with E-state index in [0.717, 1.165) is 35.8 Å². The Hall–Kier alpha value is -2.28. The third-order valence-electron chi connectivity index (χ3n) is 5.00. The van der Waals surface area contributed by atoms with E-state index in [-0.39, 0.29) is 0 Å². The minimum atomic E-state index is -3.20. The Morgan fingerprint density at radius 1 is 1.25 bits per heavy atom. The van der Waals surface area contributed by atoms with Gasteiger partial charge in [0, 0.05) is 25.3 Å².